The Morgan fingerprint density at radius 2 is 1.23 bits per heavy atom. The topological polar surface area (TPSA) is 0 Å². The van der Waals surface area contributed by atoms with Crippen molar-refractivity contribution in [3.8, 4) is 22.3 Å². The molecule has 0 aromatic heterocycles. The predicted octanol–water partition coefficient (Wildman–Crippen LogP) is 11.5. The molecule has 196 valence electrons. The van der Waals surface area contributed by atoms with Gasteiger partial charge in [0.2, 0.25) is 0 Å². The summed E-state index contributed by atoms with van der Waals surface area (Å²) in [4.78, 5) is 0. The maximum absolute atomic E-state index is 2.35. The first kappa shape index (κ1) is 26.7. The van der Waals surface area contributed by atoms with E-state index in [1.165, 1.54) is 72.0 Å². The number of aryl methyl sites for hydroxylation is 2. The van der Waals surface area contributed by atoms with E-state index in [0.717, 1.165) is 25.7 Å². The Morgan fingerprint density at radius 1 is 0.564 bits per heavy atom. The molecule has 0 bridgehead atoms. The lowest BCUT2D eigenvalue weighted by Gasteiger charge is -2.23. The molecule has 0 aliphatic carbocycles. The van der Waals surface area contributed by atoms with Gasteiger partial charge in [0.1, 0.15) is 0 Å². The molecule has 0 radical (unpaired) electrons. The molecular weight excluding hydrogens is 468 g/mol. The number of hydrogen-bond donors (Lipinski definition) is 0. The van der Waals surface area contributed by atoms with Crippen LogP contribution < -0.4 is 0 Å². The summed E-state index contributed by atoms with van der Waals surface area (Å²) in [7, 11) is 0. The summed E-state index contributed by atoms with van der Waals surface area (Å²) in [5.74, 6) is 0. The fraction of sp³-hybridized carbons (Fsp3) is 0.231. The molecule has 0 spiro atoms. The third-order valence-electron chi connectivity index (χ3n) is 8.22. The zero-order valence-electron chi connectivity index (χ0n) is 24.1. The third-order valence-corrected chi connectivity index (χ3v) is 8.22. The predicted molar refractivity (Wildman–Crippen MR) is 172 cm³/mol. The average molecular weight is 509 g/mol. The summed E-state index contributed by atoms with van der Waals surface area (Å²) in [6.07, 6.45) is 4.19. The molecule has 0 fully saturated rings. The molecule has 0 N–H and O–H groups in total. The van der Waals surface area contributed by atoms with Gasteiger partial charge in [-0.05, 0) is 105 Å². The van der Waals surface area contributed by atoms with Crippen LogP contribution in [0.5, 0.6) is 0 Å². The van der Waals surface area contributed by atoms with Crippen molar-refractivity contribution in [2.24, 2.45) is 0 Å². The van der Waals surface area contributed by atoms with E-state index in [4.69, 9.17) is 0 Å². The van der Waals surface area contributed by atoms with Crippen molar-refractivity contribution in [2.75, 3.05) is 0 Å². The van der Waals surface area contributed by atoms with Gasteiger partial charge in [0, 0.05) is 0 Å². The van der Waals surface area contributed by atoms with Gasteiger partial charge in [-0.25, -0.2) is 0 Å². The Hall–Kier alpha value is -3.90. The van der Waals surface area contributed by atoms with E-state index in [-0.39, 0.29) is 0 Å². The highest BCUT2D eigenvalue weighted by Crippen LogP contribution is 2.43. The quantitative estimate of drug-likeness (QED) is 0.183. The van der Waals surface area contributed by atoms with Crippen molar-refractivity contribution < 1.29 is 0 Å². The lowest BCUT2D eigenvalue weighted by molar-refractivity contribution is 0.968. The molecule has 0 nitrogen and oxygen atoms in total. The molecule has 39 heavy (non-hydrogen) atoms. The molecule has 0 aliphatic rings. The van der Waals surface area contributed by atoms with Gasteiger partial charge in [-0.3, -0.25) is 0 Å². The van der Waals surface area contributed by atoms with Crippen LogP contribution in [0.2, 0.25) is 0 Å². The minimum Gasteiger partial charge on any atom is -0.0651 e. The summed E-state index contributed by atoms with van der Waals surface area (Å²) >= 11 is 0. The van der Waals surface area contributed by atoms with E-state index in [1.54, 1.807) is 0 Å². The number of rotatable bonds is 8. The van der Waals surface area contributed by atoms with Crippen molar-refractivity contribution in [1.82, 2.24) is 0 Å². The highest BCUT2D eigenvalue weighted by molar-refractivity contribution is 5.98. The van der Waals surface area contributed by atoms with Crippen molar-refractivity contribution in [3.05, 3.63) is 131 Å². The smallest absolute Gasteiger partial charge is 0.0103 e. The van der Waals surface area contributed by atoms with Gasteiger partial charge in [0.15, 0.2) is 0 Å². The monoisotopic (exact) mass is 508 g/mol. The van der Waals surface area contributed by atoms with Crippen LogP contribution in [0.15, 0.2) is 103 Å². The molecule has 0 aliphatic heterocycles. The molecule has 0 saturated carbocycles. The Morgan fingerprint density at radius 3 is 1.95 bits per heavy atom. The van der Waals surface area contributed by atoms with Crippen molar-refractivity contribution >= 4 is 21.9 Å². The molecule has 0 heteroatoms. The molecule has 0 amide bonds. The van der Waals surface area contributed by atoms with E-state index >= 15 is 0 Å². The third kappa shape index (κ3) is 5.09. The van der Waals surface area contributed by atoms with E-state index in [9.17, 15) is 0 Å². The van der Waals surface area contributed by atoms with Gasteiger partial charge >= 0.3 is 0 Å². The lowest BCUT2D eigenvalue weighted by atomic mass is 9.81. The summed E-state index contributed by atoms with van der Waals surface area (Å²) in [5, 5.41) is 2.64. The molecule has 5 aromatic rings. The molecular formula is C39H40. The summed E-state index contributed by atoms with van der Waals surface area (Å²) in [6, 6.07) is 38.1. The Bertz CT molecular complexity index is 1630. The second kappa shape index (κ2) is 11.9. The van der Waals surface area contributed by atoms with Crippen LogP contribution in [-0.2, 0) is 6.42 Å². The Labute approximate surface area is 235 Å². The first-order chi connectivity index (χ1) is 19.1. The van der Waals surface area contributed by atoms with Gasteiger partial charge in [0.25, 0.3) is 0 Å². The summed E-state index contributed by atoms with van der Waals surface area (Å²) < 4.78 is 0. The van der Waals surface area contributed by atoms with Crippen molar-refractivity contribution in [1.29, 1.82) is 0 Å². The van der Waals surface area contributed by atoms with Gasteiger partial charge in [-0.15, -0.1) is 0 Å². The van der Waals surface area contributed by atoms with Crippen LogP contribution in [0, 0.1) is 13.8 Å². The van der Waals surface area contributed by atoms with Crippen LogP contribution >= 0.6 is 0 Å². The van der Waals surface area contributed by atoms with Crippen molar-refractivity contribution in [3.63, 3.8) is 0 Å². The largest absolute Gasteiger partial charge is 0.0651 e. The van der Waals surface area contributed by atoms with E-state index in [2.05, 4.69) is 138 Å². The normalized spacial score (nSPS) is 12.0. The van der Waals surface area contributed by atoms with Crippen LogP contribution in [0.4, 0.5) is 0 Å². The second-order valence-corrected chi connectivity index (χ2v) is 10.6. The fourth-order valence-electron chi connectivity index (χ4n) is 6.39. The van der Waals surface area contributed by atoms with E-state index in [1.807, 2.05) is 0 Å². The minimum absolute atomic E-state index is 0.983. The first-order valence-electron chi connectivity index (χ1n) is 14.6. The molecule has 5 rings (SSSR count). The van der Waals surface area contributed by atoms with Gasteiger partial charge in [0.05, 0.1) is 0 Å². The number of benzene rings is 5. The zero-order valence-corrected chi connectivity index (χ0v) is 24.1. The van der Waals surface area contributed by atoms with Crippen LogP contribution in [0.25, 0.3) is 44.2 Å². The van der Waals surface area contributed by atoms with Gasteiger partial charge < -0.3 is 0 Å². The Balaban J connectivity index is 1.77. The van der Waals surface area contributed by atoms with E-state index in [0.29, 0.717) is 0 Å². The highest BCUT2D eigenvalue weighted by Gasteiger charge is 2.20. The van der Waals surface area contributed by atoms with E-state index < -0.39 is 0 Å². The summed E-state index contributed by atoms with van der Waals surface area (Å²) in [5.41, 5.74) is 15.3. The number of fused-ring (bicyclic) bond motifs is 1. The highest BCUT2D eigenvalue weighted by atomic mass is 14.2. The van der Waals surface area contributed by atoms with Gasteiger partial charge in [-0.1, -0.05) is 130 Å². The van der Waals surface area contributed by atoms with Crippen molar-refractivity contribution in [2.45, 2.75) is 60.3 Å². The van der Waals surface area contributed by atoms with Crippen LogP contribution in [-0.4, -0.2) is 0 Å². The SMILES string of the molecule is CCC/C(=C(/CC)c1ccccc1)c1c(C)cccc1-c1cccc(-c2ccc3ccccc3c2C)c1CC. The molecule has 0 unspecified atom stereocenters. The number of allylic oxidation sites excluding steroid dienone is 2. The maximum atomic E-state index is 2.35. The molecule has 0 heterocycles. The lowest BCUT2D eigenvalue weighted by Crippen LogP contribution is -2.01. The van der Waals surface area contributed by atoms with Crippen LogP contribution in [0.1, 0.15) is 67.9 Å². The number of hydrogen-bond acceptors (Lipinski definition) is 0. The fourth-order valence-corrected chi connectivity index (χ4v) is 6.39. The zero-order chi connectivity index (χ0) is 27.4. The molecule has 0 saturated heterocycles. The first-order valence-corrected chi connectivity index (χ1v) is 14.6. The molecule has 0 atom stereocenters. The minimum atomic E-state index is 0.983. The van der Waals surface area contributed by atoms with Gasteiger partial charge in [-0.2, -0.15) is 0 Å². The second-order valence-electron chi connectivity index (χ2n) is 10.6. The molecule has 5 aromatic carbocycles. The standard InChI is InChI=1S/C39H40/c1-6-16-37(31(7-2)29-18-10-9-11-19-29)39-27(4)17-14-24-38(39)36-23-15-22-35(32(36)8-3)34-26-25-30-20-12-13-21-33(30)28(34)5/h9-15,17-26H,6-8,16H2,1-5H3/b37-31+. The maximum Gasteiger partial charge on any atom is -0.0103 e. The average Bonchev–Trinajstić information content (AvgIpc) is 2.97. The summed E-state index contributed by atoms with van der Waals surface area (Å²) in [6.45, 7) is 11.5. The Kier molecular flexibility index (Phi) is 8.13. The van der Waals surface area contributed by atoms with Crippen LogP contribution in [0.3, 0.4) is 0 Å².